The predicted molar refractivity (Wildman–Crippen MR) is 73.0 cm³/mol. The molecule has 8 heteroatoms. The number of halogens is 1. The van der Waals surface area contributed by atoms with Crippen LogP contribution >= 0.6 is 11.6 Å². The Kier molecular flexibility index (Phi) is 2.86. The van der Waals surface area contributed by atoms with Crippen LogP contribution in [0.2, 0.25) is 5.15 Å². The molecule has 0 N–H and O–H groups in total. The molecule has 0 fully saturated rings. The lowest BCUT2D eigenvalue weighted by Gasteiger charge is -2.03. The first-order chi connectivity index (χ1) is 9.54. The second kappa shape index (κ2) is 4.45. The summed E-state index contributed by atoms with van der Waals surface area (Å²) in [6.07, 6.45) is 1.43. The van der Waals surface area contributed by atoms with E-state index in [0.29, 0.717) is 22.2 Å². The molecule has 0 saturated carbocycles. The highest BCUT2D eigenvalue weighted by molar-refractivity contribution is 6.34. The molecular formula is C12H12ClN5O2. The third-order valence-corrected chi connectivity index (χ3v) is 3.30. The minimum atomic E-state index is -0.468. The smallest absolute Gasteiger partial charge is 0.342 e. The van der Waals surface area contributed by atoms with Gasteiger partial charge in [-0.05, 0) is 13.8 Å². The van der Waals surface area contributed by atoms with Gasteiger partial charge in [-0.15, -0.1) is 0 Å². The first kappa shape index (κ1) is 12.9. The Morgan fingerprint density at radius 2 is 2.25 bits per heavy atom. The summed E-state index contributed by atoms with van der Waals surface area (Å²) in [7, 11) is 1.79. The topological polar surface area (TPSA) is 74.3 Å². The minimum Gasteiger partial charge on any atom is -0.462 e. The van der Waals surface area contributed by atoms with E-state index in [1.54, 1.807) is 23.2 Å². The molecule has 0 spiro atoms. The van der Waals surface area contributed by atoms with Crippen LogP contribution in [0.5, 0.6) is 0 Å². The SMILES string of the molecule is CCOC(=O)c1cnn2c1c(Cl)nc1c(C)nn(C)c12. The second-order valence-electron chi connectivity index (χ2n) is 4.32. The number of nitrogens with zero attached hydrogens (tertiary/aromatic N) is 5. The number of esters is 1. The average Bonchev–Trinajstić information content (AvgIpc) is 2.93. The summed E-state index contributed by atoms with van der Waals surface area (Å²) in [6.45, 7) is 3.87. The molecule has 3 rings (SSSR count). The van der Waals surface area contributed by atoms with E-state index in [2.05, 4.69) is 15.2 Å². The number of hydrogen-bond donors (Lipinski definition) is 0. The Hall–Kier alpha value is -2.15. The molecular weight excluding hydrogens is 282 g/mol. The van der Waals surface area contributed by atoms with Crippen molar-refractivity contribution in [3.63, 3.8) is 0 Å². The summed E-state index contributed by atoms with van der Waals surface area (Å²) in [5, 5.41) is 8.71. The van der Waals surface area contributed by atoms with Crippen LogP contribution in [-0.4, -0.2) is 37.0 Å². The fourth-order valence-corrected chi connectivity index (χ4v) is 2.49. The lowest BCUT2D eigenvalue weighted by atomic mass is 10.3. The molecule has 3 heterocycles. The third-order valence-electron chi connectivity index (χ3n) is 3.03. The Balaban J connectivity index is 2.39. The zero-order valence-electron chi connectivity index (χ0n) is 11.2. The number of ether oxygens (including phenoxy) is 1. The normalized spacial score (nSPS) is 11.4. The Morgan fingerprint density at radius 1 is 1.50 bits per heavy atom. The van der Waals surface area contributed by atoms with Gasteiger partial charge in [0.2, 0.25) is 0 Å². The van der Waals surface area contributed by atoms with E-state index in [9.17, 15) is 4.79 Å². The summed E-state index contributed by atoms with van der Waals surface area (Å²) >= 11 is 6.19. The fourth-order valence-electron chi connectivity index (χ4n) is 2.22. The molecule has 3 aromatic rings. The van der Waals surface area contributed by atoms with Gasteiger partial charge in [-0.2, -0.15) is 10.2 Å². The number of hydrogen-bond acceptors (Lipinski definition) is 5. The Morgan fingerprint density at radius 3 is 2.95 bits per heavy atom. The molecule has 0 amide bonds. The highest BCUT2D eigenvalue weighted by Crippen LogP contribution is 2.26. The van der Waals surface area contributed by atoms with E-state index < -0.39 is 5.97 Å². The molecule has 0 atom stereocenters. The van der Waals surface area contributed by atoms with Crippen molar-refractivity contribution in [2.24, 2.45) is 7.05 Å². The van der Waals surface area contributed by atoms with E-state index in [1.165, 1.54) is 6.20 Å². The van der Waals surface area contributed by atoms with Crippen molar-refractivity contribution in [1.29, 1.82) is 0 Å². The molecule has 20 heavy (non-hydrogen) atoms. The van der Waals surface area contributed by atoms with E-state index in [0.717, 1.165) is 5.69 Å². The number of fused-ring (bicyclic) bond motifs is 3. The van der Waals surface area contributed by atoms with E-state index in [1.807, 2.05) is 6.92 Å². The van der Waals surface area contributed by atoms with Crippen molar-refractivity contribution >= 4 is 34.3 Å². The van der Waals surface area contributed by atoms with E-state index in [-0.39, 0.29) is 11.8 Å². The molecule has 0 aliphatic rings. The van der Waals surface area contributed by atoms with Gasteiger partial charge in [0.05, 0.1) is 18.5 Å². The highest BCUT2D eigenvalue weighted by Gasteiger charge is 2.21. The zero-order valence-corrected chi connectivity index (χ0v) is 12.0. The van der Waals surface area contributed by atoms with Crippen molar-refractivity contribution in [3.8, 4) is 0 Å². The molecule has 0 aliphatic heterocycles. The van der Waals surface area contributed by atoms with Crippen molar-refractivity contribution in [2.45, 2.75) is 13.8 Å². The van der Waals surface area contributed by atoms with Crippen molar-refractivity contribution in [2.75, 3.05) is 6.61 Å². The summed E-state index contributed by atoms with van der Waals surface area (Å²) in [6, 6.07) is 0. The zero-order chi connectivity index (χ0) is 14.4. The van der Waals surface area contributed by atoms with Gasteiger partial charge in [0.1, 0.15) is 16.6 Å². The monoisotopic (exact) mass is 293 g/mol. The summed E-state index contributed by atoms with van der Waals surface area (Å²) in [5.74, 6) is -0.468. The van der Waals surface area contributed by atoms with Gasteiger partial charge >= 0.3 is 5.97 Å². The van der Waals surface area contributed by atoms with Crippen molar-refractivity contribution in [3.05, 3.63) is 22.6 Å². The lowest BCUT2D eigenvalue weighted by molar-refractivity contribution is 0.0528. The number of aryl methyl sites for hydroxylation is 2. The van der Waals surface area contributed by atoms with Gasteiger partial charge in [0.25, 0.3) is 0 Å². The maximum absolute atomic E-state index is 11.9. The molecule has 3 aromatic heterocycles. The van der Waals surface area contributed by atoms with Crippen LogP contribution in [0.15, 0.2) is 6.20 Å². The maximum atomic E-state index is 11.9. The van der Waals surface area contributed by atoms with Gasteiger partial charge in [0, 0.05) is 7.05 Å². The fraction of sp³-hybridized carbons (Fsp3) is 0.333. The molecule has 0 radical (unpaired) electrons. The molecule has 0 unspecified atom stereocenters. The van der Waals surface area contributed by atoms with E-state index in [4.69, 9.17) is 16.3 Å². The third kappa shape index (κ3) is 1.66. The first-order valence-electron chi connectivity index (χ1n) is 6.08. The number of rotatable bonds is 2. The molecule has 0 saturated heterocycles. The predicted octanol–water partition coefficient (Wildman–Crippen LogP) is 1.75. The average molecular weight is 294 g/mol. The molecule has 0 aliphatic carbocycles. The van der Waals surface area contributed by atoms with Crippen LogP contribution < -0.4 is 0 Å². The summed E-state index contributed by atoms with van der Waals surface area (Å²) < 4.78 is 8.22. The quantitative estimate of drug-likeness (QED) is 0.673. The van der Waals surface area contributed by atoms with Gasteiger partial charge in [-0.25, -0.2) is 19.0 Å². The van der Waals surface area contributed by atoms with Crippen LogP contribution in [0, 0.1) is 6.92 Å². The number of carbonyl (C=O) groups is 1. The molecule has 7 nitrogen and oxygen atoms in total. The van der Waals surface area contributed by atoms with E-state index >= 15 is 0 Å². The van der Waals surface area contributed by atoms with Crippen molar-refractivity contribution < 1.29 is 9.53 Å². The Labute approximate surface area is 119 Å². The molecule has 0 aromatic carbocycles. The molecule has 0 bridgehead atoms. The van der Waals surface area contributed by atoms with Crippen molar-refractivity contribution in [1.82, 2.24) is 24.4 Å². The van der Waals surface area contributed by atoms with Gasteiger partial charge in [-0.3, -0.25) is 0 Å². The van der Waals surface area contributed by atoms with Gasteiger partial charge in [0.15, 0.2) is 10.8 Å². The van der Waals surface area contributed by atoms with Gasteiger partial charge < -0.3 is 4.74 Å². The van der Waals surface area contributed by atoms with Crippen LogP contribution in [-0.2, 0) is 11.8 Å². The van der Waals surface area contributed by atoms with Crippen LogP contribution in [0.1, 0.15) is 23.0 Å². The molecule has 104 valence electrons. The van der Waals surface area contributed by atoms with Gasteiger partial charge in [-0.1, -0.05) is 11.6 Å². The maximum Gasteiger partial charge on any atom is 0.342 e. The number of aromatic nitrogens is 5. The first-order valence-corrected chi connectivity index (χ1v) is 6.46. The Bertz CT molecular complexity index is 835. The number of carbonyl (C=O) groups excluding carboxylic acids is 1. The largest absolute Gasteiger partial charge is 0.462 e. The standard InChI is InChI=1S/C12H12ClN5O2/c1-4-20-12(19)7-5-14-18-9(7)10(13)15-8-6(2)16-17(3)11(8)18/h5H,4H2,1-3H3. The summed E-state index contributed by atoms with van der Waals surface area (Å²) in [5.41, 5.74) is 2.81. The van der Waals surface area contributed by atoms with Crippen LogP contribution in [0.25, 0.3) is 16.7 Å². The lowest BCUT2D eigenvalue weighted by Crippen LogP contribution is -2.05. The van der Waals surface area contributed by atoms with Crippen LogP contribution in [0.4, 0.5) is 0 Å². The summed E-state index contributed by atoms with van der Waals surface area (Å²) in [4.78, 5) is 16.2. The highest BCUT2D eigenvalue weighted by atomic mass is 35.5. The van der Waals surface area contributed by atoms with Crippen LogP contribution in [0.3, 0.4) is 0 Å². The minimum absolute atomic E-state index is 0.203. The second-order valence-corrected chi connectivity index (χ2v) is 4.68.